The molecule has 0 aromatic heterocycles. The Kier molecular flexibility index (Phi) is 8.16. The minimum atomic E-state index is 1.12. The van der Waals surface area contributed by atoms with Crippen molar-refractivity contribution in [3.63, 3.8) is 0 Å². The van der Waals surface area contributed by atoms with Crippen molar-refractivity contribution in [1.29, 1.82) is 0 Å². The Morgan fingerprint density at radius 1 is 1.17 bits per heavy atom. The molecule has 0 aliphatic rings. The van der Waals surface area contributed by atoms with E-state index < -0.39 is 0 Å². The molecule has 1 rings (SSSR count). The standard InChI is InChI=1S/C10H13.BrH.Zn/c1-3-9-6-5-7-10(4-2)8-9;;/h6-8H,3-4H2,1-2H3;1H;/q-1;;+2/p-1. The number of halogens is 1. The monoisotopic (exact) mass is 276 g/mol. The second-order valence-electron chi connectivity index (χ2n) is 2.46. The average molecular weight is 279 g/mol. The fraction of sp³-hybridized carbons (Fsp3) is 0.400. The summed E-state index contributed by atoms with van der Waals surface area (Å²) in [5.41, 5.74) is 2.78. The molecule has 0 saturated heterocycles. The maximum absolute atomic E-state index is 3.13. The third-order valence-corrected chi connectivity index (χ3v) is 1.72. The van der Waals surface area contributed by atoms with E-state index in [4.69, 9.17) is 0 Å². The van der Waals surface area contributed by atoms with Gasteiger partial charge in [-0.2, -0.15) is 35.4 Å². The van der Waals surface area contributed by atoms with Crippen LogP contribution in [0.2, 0.25) is 0 Å². The number of hydrogen-bond acceptors (Lipinski definition) is 0. The van der Waals surface area contributed by atoms with Crippen LogP contribution in [0.25, 0.3) is 0 Å². The van der Waals surface area contributed by atoms with E-state index in [9.17, 15) is 0 Å². The second kappa shape index (κ2) is 7.95. The molecule has 1 aromatic rings. The fourth-order valence-electron chi connectivity index (χ4n) is 0.985. The SMILES string of the molecule is CCc1c[c-]cc(CC)c1.[Zn+][Br]. The van der Waals surface area contributed by atoms with Crippen LogP contribution < -0.4 is 0 Å². The van der Waals surface area contributed by atoms with Crippen molar-refractivity contribution in [3.05, 3.63) is 35.4 Å². The summed E-state index contributed by atoms with van der Waals surface area (Å²) in [5, 5.41) is 0. The number of aryl methyl sites for hydroxylation is 2. The van der Waals surface area contributed by atoms with Crippen molar-refractivity contribution in [1.82, 2.24) is 0 Å². The molecule has 0 aliphatic heterocycles. The summed E-state index contributed by atoms with van der Waals surface area (Å²) >= 11 is 4.25. The van der Waals surface area contributed by atoms with Gasteiger partial charge in [-0.3, -0.25) is 0 Å². The van der Waals surface area contributed by atoms with Crippen molar-refractivity contribution in [3.8, 4) is 0 Å². The molecular weight excluding hydrogens is 265 g/mol. The molecule has 0 saturated carbocycles. The molecule has 2 heteroatoms. The molecule has 0 amide bonds. The molecule has 0 fully saturated rings. The van der Waals surface area contributed by atoms with Crippen molar-refractivity contribution in [2.24, 2.45) is 0 Å². The topological polar surface area (TPSA) is 0 Å². The minimum absolute atomic E-state index is 1.12. The number of hydrogen-bond donors (Lipinski definition) is 0. The van der Waals surface area contributed by atoms with Gasteiger partial charge in [-0.25, -0.2) is 0 Å². The molecule has 0 atom stereocenters. The summed E-state index contributed by atoms with van der Waals surface area (Å²) in [6.07, 6.45) is 2.23. The van der Waals surface area contributed by atoms with Gasteiger partial charge < -0.3 is 0 Å². The molecule has 0 heterocycles. The Morgan fingerprint density at radius 2 is 1.58 bits per heavy atom. The summed E-state index contributed by atoms with van der Waals surface area (Å²) in [7, 11) is 0. The first-order chi connectivity index (χ1) is 5.86. The predicted octanol–water partition coefficient (Wildman–Crippen LogP) is 3.45. The summed E-state index contributed by atoms with van der Waals surface area (Å²) in [4.78, 5) is 0. The molecule has 0 nitrogen and oxygen atoms in total. The third kappa shape index (κ3) is 4.37. The van der Waals surface area contributed by atoms with Gasteiger partial charge in [0.05, 0.1) is 0 Å². The van der Waals surface area contributed by atoms with E-state index >= 15 is 0 Å². The Hall–Kier alpha value is 0.323. The zero-order chi connectivity index (χ0) is 9.40. The molecule has 0 bridgehead atoms. The van der Waals surface area contributed by atoms with E-state index in [0.717, 1.165) is 12.8 Å². The van der Waals surface area contributed by atoms with Crippen LogP contribution >= 0.6 is 13.6 Å². The molecule has 0 N–H and O–H groups in total. The first-order valence-corrected chi connectivity index (χ1v) is 11.1. The van der Waals surface area contributed by atoms with Gasteiger partial charge in [0, 0.05) is 0 Å². The second-order valence-corrected chi connectivity index (χ2v) is 2.46. The van der Waals surface area contributed by atoms with Crippen LogP contribution in [-0.2, 0) is 29.2 Å². The van der Waals surface area contributed by atoms with E-state index in [2.05, 4.69) is 51.7 Å². The van der Waals surface area contributed by atoms with Crippen molar-refractivity contribution in [2.75, 3.05) is 0 Å². The van der Waals surface area contributed by atoms with Crippen LogP contribution in [0.3, 0.4) is 0 Å². The normalized spacial score (nSPS) is 8.75. The van der Waals surface area contributed by atoms with Crippen LogP contribution in [0.4, 0.5) is 0 Å². The summed E-state index contributed by atoms with van der Waals surface area (Å²) in [6, 6.07) is 9.49. The Morgan fingerprint density at radius 3 is 1.92 bits per heavy atom. The number of rotatable bonds is 2. The van der Waals surface area contributed by atoms with Crippen LogP contribution in [0.15, 0.2) is 18.2 Å². The molecule has 0 aliphatic carbocycles. The fourth-order valence-corrected chi connectivity index (χ4v) is 0.985. The van der Waals surface area contributed by atoms with E-state index in [0.29, 0.717) is 0 Å². The van der Waals surface area contributed by atoms with Gasteiger partial charge >= 0.3 is 30.0 Å². The quantitative estimate of drug-likeness (QED) is 0.574. The van der Waals surface area contributed by atoms with E-state index in [1.807, 2.05) is 0 Å². The predicted molar refractivity (Wildman–Crippen MR) is 53.0 cm³/mol. The van der Waals surface area contributed by atoms with Gasteiger partial charge in [-0.1, -0.05) is 26.7 Å². The van der Waals surface area contributed by atoms with E-state index in [-0.39, 0.29) is 0 Å². The summed E-state index contributed by atoms with van der Waals surface area (Å²) in [6.45, 7) is 4.34. The Labute approximate surface area is 91.8 Å². The van der Waals surface area contributed by atoms with Crippen LogP contribution in [0.5, 0.6) is 0 Å². The van der Waals surface area contributed by atoms with Gasteiger partial charge in [-0.15, -0.1) is 0 Å². The Balaban J connectivity index is 0.000000561. The zero-order valence-corrected chi connectivity index (χ0v) is 12.3. The van der Waals surface area contributed by atoms with Gasteiger partial charge in [0.1, 0.15) is 0 Å². The molecule has 12 heavy (non-hydrogen) atoms. The van der Waals surface area contributed by atoms with Crippen molar-refractivity contribution >= 4 is 13.6 Å². The first kappa shape index (κ1) is 12.3. The van der Waals surface area contributed by atoms with Crippen LogP contribution in [0, 0.1) is 6.07 Å². The maximum atomic E-state index is 3.13. The summed E-state index contributed by atoms with van der Waals surface area (Å²) in [5.74, 6) is 0. The van der Waals surface area contributed by atoms with Crippen molar-refractivity contribution < 1.29 is 16.3 Å². The number of benzene rings is 1. The first-order valence-electron chi connectivity index (χ1n) is 4.12. The van der Waals surface area contributed by atoms with Crippen LogP contribution in [-0.4, -0.2) is 0 Å². The molecule has 0 spiro atoms. The molecule has 0 unspecified atom stereocenters. The van der Waals surface area contributed by atoms with E-state index in [1.165, 1.54) is 27.5 Å². The third-order valence-electron chi connectivity index (χ3n) is 1.72. The molecular formula is C10H13BrZn. The van der Waals surface area contributed by atoms with Crippen LogP contribution in [0.1, 0.15) is 25.0 Å². The van der Waals surface area contributed by atoms with Gasteiger partial charge in [-0.05, 0) is 0 Å². The van der Waals surface area contributed by atoms with Crippen molar-refractivity contribution in [2.45, 2.75) is 26.7 Å². The molecule has 0 radical (unpaired) electrons. The summed E-state index contributed by atoms with van der Waals surface area (Å²) < 4.78 is 0. The van der Waals surface area contributed by atoms with E-state index in [1.54, 1.807) is 0 Å². The Bertz CT molecular complexity index is 191. The zero-order valence-electron chi connectivity index (χ0n) is 7.73. The van der Waals surface area contributed by atoms with Gasteiger partial charge in [0.25, 0.3) is 0 Å². The van der Waals surface area contributed by atoms with Gasteiger partial charge in [0.2, 0.25) is 0 Å². The molecule has 1 aromatic carbocycles. The average Bonchev–Trinajstić information content (AvgIpc) is 2.21. The van der Waals surface area contributed by atoms with Gasteiger partial charge in [0.15, 0.2) is 0 Å². The molecule has 62 valence electrons.